The average molecular weight is 330 g/mol. The monoisotopic (exact) mass is 330 g/mol. The van der Waals surface area contributed by atoms with E-state index in [2.05, 4.69) is 22.2 Å². The molecule has 1 aromatic heterocycles. The molecule has 1 fully saturated rings. The summed E-state index contributed by atoms with van der Waals surface area (Å²) in [6.07, 6.45) is 3.35. The zero-order valence-corrected chi connectivity index (χ0v) is 14.2. The van der Waals surface area contributed by atoms with Gasteiger partial charge in [0.15, 0.2) is 0 Å². The maximum Gasteiger partial charge on any atom is 0.335 e. The van der Waals surface area contributed by atoms with Crippen LogP contribution in [0.3, 0.4) is 0 Å². The minimum Gasteiger partial charge on any atom is -0.478 e. The van der Waals surface area contributed by atoms with Crippen LogP contribution in [0, 0.1) is 0 Å². The normalized spacial score (nSPS) is 18.9. The molecule has 1 atom stereocenters. The SMILES string of the molecule is CCc1nc(CN2CCC[C@H](c3ccc(C(=O)O)cc3)C2)cs1. The van der Waals surface area contributed by atoms with Crippen LogP contribution in [0.5, 0.6) is 0 Å². The van der Waals surface area contributed by atoms with Crippen LogP contribution in [0.2, 0.25) is 0 Å². The summed E-state index contributed by atoms with van der Waals surface area (Å²) in [7, 11) is 0. The van der Waals surface area contributed by atoms with Gasteiger partial charge < -0.3 is 5.11 Å². The Balaban J connectivity index is 1.64. The zero-order valence-electron chi connectivity index (χ0n) is 13.4. The molecule has 5 heteroatoms. The molecule has 0 aliphatic carbocycles. The number of likely N-dealkylation sites (tertiary alicyclic amines) is 1. The van der Waals surface area contributed by atoms with Gasteiger partial charge in [0.25, 0.3) is 0 Å². The zero-order chi connectivity index (χ0) is 16.2. The van der Waals surface area contributed by atoms with E-state index in [0.717, 1.165) is 26.1 Å². The summed E-state index contributed by atoms with van der Waals surface area (Å²) in [5.41, 5.74) is 2.77. The number of benzene rings is 1. The first kappa shape index (κ1) is 16.1. The molecular weight excluding hydrogens is 308 g/mol. The molecular formula is C18H22N2O2S. The standard InChI is InChI=1S/C18H22N2O2S/c1-2-17-19-16(12-23-17)11-20-9-3-4-15(10-20)13-5-7-14(8-6-13)18(21)22/h5-8,12,15H,2-4,9-11H2,1H3,(H,21,22)/t15-/m0/s1. The summed E-state index contributed by atoms with van der Waals surface area (Å²) in [5, 5.41) is 12.4. The van der Waals surface area contributed by atoms with E-state index in [9.17, 15) is 4.79 Å². The molecule has 4 nitrogen and oxygen atoms in total. The third-order valence-corrected chi connectivity index (χ3v) is 5.46. The molecule has 2 heterocycles. The maximum atomic E-state index is 11.0. The van der Waals surface area contributed by atoms with Crippen LogP contribution in [0.15, 0.2) is 29.6 Å². The predicted molar refractivity (Wildman–Crippen MR) is 92.1 cm³/mol. The van der Waals surface area contributed by atoms with E-state index < -0.39 is 5.97 Å². The van der Waals surface area contributed by atoms with Gasteiger partial charge in [-0.15, -0.1) is 11.3 Å². The molecule has 1 aliphatic heterocycles. The van der Waals surface area contributed by atoms with Gasteiger partial charge in [0.1, 0.15) is 0 Å². The fourth-order valence-corrected chi connectivity index (χ4v) is 3.92. The molecule has 3 rings (SSSR count). The summed E-state index contributed by atoms with van der Waals surface area (Å²) < 4.78 is 0. The number of carboxylic acids is 1. The summed E-state index contributed by atoms with van der Waals surface area (Å²) in [6.45, 7) is 5.19. The third-order valence-electron chi connectivity index (χ3n) is 4.42. The smallest absolute Gasteiger partial charge is 0.335 e. The topological polar surface area (TPSA) is 53.4 Å². The lowest BCUT2D eigenvalue weighted by Gasteiger charge is -2.32. The van der Waals surface area contributed by atoms with E-state index in [1.807, 2.05) is 12.1 Å². The highest BCUT2D eigenvalue weighted by atomic mass is 32.1. The molecule has 1 aromatic carbocycles. The number of hydrogen-bond donors (Lipinski definition) is 1. The Kier molecular flexibility index (Phi) is 5.08. The highest BCUT2D eigenvalue weighted by molar-refractivity contribution is 7.09. The average Bonchev–Trinajstić information content (AvgIpc) is 3.03. The third kappa shape index (κ3) is 3.98. The molecule has 0 saturated carbocycles. The van der Waals surface area contributed by atoms with E-state index in [4.69, 9.17) is 5.11 Å². The summed E-state index contributed by atoms with van der Waals surface area (Å²) in [5.74, 6) is -0.382. The molecule has 0 bridgehead atoms. The quantitative estimate of drug-likeness (QED) is 0.906. The second kappa shape index (κ2) is 7.23. The molecule has 0 radical (unpaired) electrons. The van der Waals surface area contributed by atoms with E-state index in [1.165, 1.54) is 29.1 Å². The fourth-order valence-electron chi connectivity index (χ4n) is 3.18. The number of rotatable bonds is 5. The number of piperidine rings is 1. The van der Waals surface area contributed by atoms with Crippen LogP contribution in [-0.4, -0.2) is 34.0 Å². The molecule has 1 aliphatic rings. The fraction of sp³-hybridized carbons (Fsp3) is 0.444. The second-order valence-corrected chi connectivity index (χ2v) is 7.03. The number of nitrogens with zero attached hydrogens (tertiary/aromatic N) is 2. The summed E-state index contributed by atoms with van der Waals surface area (Å²) in [4.78, 5) is 18.1. The van der Waals surface area contributed by atoms with Crippen molar-refractivity contribution < 1.29 is 9.90 Å². The van der Waals surface area contributed by atoms with Crippen molar-refractivity contribution in [2.75, 3.05) is 13.1 Å². The highest BCUT2D eigenvalue weighted by Gasteiger charge is 2.22. The van der Waals surface area contributed by atoms with Gasteiger partial charge in [-0.05, 0) is 49.4 Å². The van der Waals surface area contributed by atoms with E-state index in [1.54, 1.807) is 23.5 Å². The summed E-state index contributed by atoms with van der Waals surface area (Å²) >= 11 is 1.75. The van der Waals surface area contributed by atoms with E-state index in [0.29, 0.717) is 11.5 Å². The lowest BCUT2D eigenvalue weighted by molar-refractivity contribution is 0.0697. The first-order valence-electron chi connectivity index (χ1n) is 8.14. The lowest BCUT2D eigenvalue weighted by atomic mass is 9.90. The number of thiazole rings is 1. The Hall–Kier alpha value is -1.72. The minimum atomic E-state index is -0.864. The van der Waals surface area contributed by atoms with Crippen molar-refractivity contribution in [1.82, 2.24) is 9.88 Å². The van der Waals surface area contributed by atoms with Crippen molar-refractivity contribution >= 4 is 17.3 Å². The first-order valence-corrected chi connectivity index (χ1v) is 9.02. The summed E-state index contributed by atoms with van der Waals surface area (Å²) in [6, 6.07) is 7.36. The molecule has 122 valence electrons. The number of aryl methyl sites for hydroxylation is 1. The van der Waals surface area contributed by atoms with Crippen molar-refractivity contribution in [2.45, 2.75) is 38.6 Å². The molecule has 2 aromatic rings. The second-order valence-electron chi connectivity index (χ2n) is 6.09. The molecule has 1 saturated heterocycles. The Morgan fingerprint density at radius 2 is 2.17 bits per heavy atom. The Morgan fingerprint density at radius 3 is 2.83 bits per heavy atom. The van der Waals surface area contributed by atoms with E-state index >= 15 is 0 Å². The van der Waals surface area contributed by atoms with Crippen LogP contribution < -0.4 is 0 Å². The van der Waals surface area contributed by atoms with Crippen molar-refractivity contribution in [2.24, 2.45) is 0 Å². The van der Waals surface area contributed by atoms with Crippen LogP contribution in [0.4, 0.5) is 0 Å². The van der Waals surface area contributed by atoms with E-state index in [-0.39, 0.29) is 0 Å². The number of carbonyl (C=O) groups is 1. The van der Waals surface area contributed by atoms with Crippen molar-refractivity contribution in [3.8, 4) is 0 Å². The Morgan fingerprint density at radius 1 is 1.39 bits per heavy atom. The van der Waals surface area contributed by atoms with Gasteiger partial charge in [-0.3, -0.25) is 4.90 Å². The molecule has 1 N–H and O–H groups in total. The number of aromatic carboxylic acids is 1. The lowest BCUT2D eigenvalue weighted by Crippen LogP contribution is -2.34. The van der Waals surface area contributed by atoms with Crippen molar-refractivity contribution in [3.05, 3.63) is 51.5 Å². The molecule has 0 unspecified atom stereocenters. The molecule has 0 spiro atoms. The van der Waals surface area contributed by atoms with Crippen molar-refractivity contribution in [1.29, 1.82) is 0 Å². The van der Waals surface area contributed by atoms with Crippen LogP contribution in [0.25, 0.3) is 0 Å². The number of hydrogen-bond acceptors (Lipinski definition) is 4. The van der Waals surface area contributed by atoms with Gasteiger partial charge >= 0.3 is 5.97 Å². The van der Waals surface area contributed by atoms with Crippen LogP contribution >= 0.6 is 11.3 Å². The molecule has 0 amide bonds. The van der Waals surface area contributed by atoms with Gasteiger partial charge in [0, 0.05) is 18.5 Å². The van der Waals surface area contributed by atoms with Crippen LogP contribution in [0.1, 0.15) is 52.3 Å². The van der Waals surface area contributed by atoms with Gasteiger partial charge in [0.05, 0.1) is 16.3 Å². The maximum absolute atomic E-state index is 11.0. The highest BCUT2D eigenvalue weighted by Crippen LogP contribution is 2.28. The van der Waals surface area contributed by atoms with Gasteiger partial charge in [-0.2, -0.15) is 0 Å². The van der Waals surface area contributed by atoms with Gasteiger partial charge in [-0.1, -0.05) is 19.1 Å². The first-order chi connectivity index (χ1) is 11.2. The van der Waals surface area contributed by atoms with Gasteiger partial charge in [0.2, 0.25) is 0 Å². The molecule has 23 heavy (non-hydrogen) atoms. The Bertz CT molecular complexity index is 666. The van der Waals surface area contributed by atoms with Crippen LogP contribution in [-0.2, 0) is 13.0 Å². The largest absolute Gasteiger partial charge is 0.478 e. The number of aromatic nitrogens is 1. The van der Waals surface area contributed by atoms with Gasteiger partial charge in [-0.25, -0.2) is 9.78 Å². The Labute approximate surface area is 140 Å². The van der Waals surface area contributed by atoms with Crippen molar-refractivity contribution in [3.63, 3.8) is 0 Å². The predicted octanol–water partition coefficient (Wildman–Crippen LogP) is 3.78. The minimum absolute atomic E-state index is 0.357. The number of carboxylic acid groups (broad SMARTS) is 1.